The molecule has 0 fully saturated rings. The predicted molar refractivity (Wildman–Crippen MR) is 74.2 cm³/mol. The van der Waals surface area contributed by atoms with E-state index in [-0.39, 0.29) is 5.91 Å². The molecule has 0 aliphatic heterocycles. The van der Waals surface area contributed by atoms with Crippen LogP contribution in [0, 0.1) is 0 Å². The number of hydrogen-bond donors (Lipinski definition) is 2. The third-order valence-corrected chi connectivity index (χ3v) is 4.68. The van der Waals surface area contributed by atoms with Gasteiger partial charge in [0.05, 0.1) is 11.0 Å². The molecular formula is C14H21NO2S. The van der Waals surface area contributed by atoms with Gasteiger partial charge in [0, 0.05) is 11.4 Å². The molecule has 1 unspecified atom stereocenters. The van der Waals surface area contributed by atoms with E-state index in [0.29, 0.717) is 13.0 Å². The van der Waals surface area contributed by atoms with Crippen LogP contribution in [-0.2, 0) is 12.8 Å². The molecule has 1 amide bonds. The standard InChI is InChI=1S/C14H21NO2S/c1-2-11(16)9-15-14(17)13-8-10-6-4-3-5-7-12(10)18-13/h8,11,16H,2-7,9H2,1H3,(H,15,17). The molecule has 100 valence electrons. The average molecular weight is 267 g/mol. The van der Waals surface area contributed by atoms with E-state index in [1.807, 2.05) is 13.0 Å². The molecule has 1 heterocycles. The predicted octanol–water partition coefficient (Wildman–Crippen LogP) is 2.52. The number of aliphatic hydroxyl groups is 1. The summed E-state index contributed by atoms with van der Waals surface area (Å²) in [4.78, 5) is 14.1. The Hall–Kier alpha value is -0.870. The summed E-state index contributed by atoms with van der Waals surface area (Å²) < 4.78 is 0. The fourth-order valence-electron chi connectivity index (χ4n) is 2.22. The van der Waals surface area contributed by atoms with Crippen LogP contribution < -0.4 is 5.32 Å². The van der Waals surface area contributed by atoms with Gasteiger partial charge in [0.2, 0.25) is 0 Å². The van der Waals surface area contributed by atoms with Crippen LogP contribution in [0.15, 0.2) is 6.07 Å². The number of carbonyl (C=O) groups excluding carboxylic acids is 1. The van der Waals surface area contributed by atoms with Crippen molar-refractivity contribution in [1.82, 2.24) is 5.32 Å². The molecule has 1 aromatic heterocycles. The molecule has 2 N–H and O–H groups in total. The van der Waals surface area contributed by atoms with E-state index < -0.39 is 6.10 Å². The highest BCUT2D eigenvalue weighted by atomic mass is 32.1. The molecule has 0 radical (unpaired) electrons. The molecule has 0 saturated carbocycles. The first-order valence-corrected chi connectivity index (χ1v) is 7.60. The highest BCUT2D eigenvalue weighted by molar-refractivity contribution is 7.14. The minimum atomic E-state index is -0.438. The van der Waals surface area contributed by atoms with Crippen LogP contribution in [0.4, 0.5) is 0 Å². The Bertz CT molecular complexity index is 390. The van der Waals surface area contributed by atoms with Gasteiger partial charge in [-0.2, -0.15) is 0 Å². The van der Waals surface area contributed by atoms with Crippen molar-refractivity contribution in [2.24, 2.45) is 0 Å². The van der Waals surface area contributed by atoms with Crippen molar-refractivity contribution >= 4 is 17.2 Å². The average Bonchev–Trinajstić information content (AvgIpc) is 2.67. The molecule has 1 aliphatic carbocycles. The first kappa shape index (κ1) is 13.6. The lowest BCUT2D eigenvalue weighted by Crippen LogP contribution is -2.31. The number of carbonyl (C=O) groups is 1. The van der Waals surface area contributed by atoms with Crippen LogP contribution in [0.25, 0.3) is 0 Å². The first-order valence-electron chi connectivity index (χ1n) is 6.78. The molecule has 0 aromatic carbocycles. The topological polar surface area (TPSA) is 49.3 Å². The van der Waals surface area contributed by atoms with E-state index in [2.05, 4.69) is 5.32 Å². The van der Waals surface area contributed by atoms with Gasteiger partial charge in [0.25, 0.3) is 5.91 Å². The maximum atomic E-state index is 12.0. The Balaban J connectivity index is 1.98. The van der Waals surface area contributed by atoms with Gasteiger partial charge in [-0.3, -0.25) is 4.79 Å². The number of fused-ring (bicyclic) bond motifs is 1. The number of nitrogens with one attached hydrogen (secondary N) is 1. The largest absolute Gasteiger partial charge is 0.391 e. The highest BCUT2D eigenvalue weighted by Crippen LogP contribution is 2.28. The van der Waals surface area contributed by atoms with Crippen molar-refractivity contribution in [3.8, 4) is 0 Å². The number of aryl methyl sites for hydroxylation is 2. The zero-order valence-corrected chi connectivity index (χ0v) is 11.7. The van der Waals surface area contributed by atoms with Crippen molar-refractivity contribution < 1.29 is 9.90 Å². The van der Waals surface area contributed by atoms with E-state index in [1.165, 1.54) is 29.7 Å². The second-order valence-electron chi connectivity index (χ2n) is 4.89. The van der Waals surface area contributed by atoms with Gasteiger partial charge in [-0.05, 0) is 43.7 Å². The van der Waals surface area contributed by atoms with Crippen molar-refractivity contribution in [2.45, 2.75) is 51.6 Å². The summed E-state index contributed by atoms with van der Waals surface area (Å²) in [5, 5.41) is 12.2. The van der Waals surface area contributed by atoms with Gasteiger partial charge >= 0.3 is 0 Å². The molecule has 18 heavy (non-hydrogen) atoms. The molecule has 0 saturated heterocycles. The van der Waals surface area contributed by atoms with Gasteiger partial charge in [-0.1, -0.05) is 13.3 Å². The quantitative estimate of drug-likeness (QED) is 0.824. The summed E-state index contributed by atoms with van der Waals surface area (Å²) in [7, 11) is 0. The molecule has 4 heteroatoms. The Kier molecular flexibility index (Phi) is 4.78. The van der Waals surface area contributed by atoms with E-state index in [4.69, 9.17) is 0 Å². The van der Waals surface area contributed by atoms with Crippen LogP contribution >= 0.6 is 11.3 Å². The SMILES string of the molecule is CCC(O)CNC(=O)c1cc2c(s1)CCCCC2. The van der Waals surface area contributed by atoms with Crippen molar-refractivity contribution in [3.63, 3.8) is 0 Å². The second-order valence-corrected chi connectivity index (χ2v) is 6.03. The number of hydrogen-bond acceptors (Lipinski definition) is 3. The maximum Gasteiger partial charge on any atom is 0.261 e. The normalized spacial score (nSPS) is 16.8. The summed E-state index contributed by atoms with van der Waals surface area (Å²) in [5.74, 6) is -0.0411. The van der Waals surface area contributed by atoms with Crippen LogP contribution in [0.2, 0.25) is 0 Å². The summed E-state index contributed by atoms with van der Waals surface area (Å²) in [6.07, 6.45) is 6.23. The highest BCUT2D eigenvalue weighted by Gasteiger charge is 2.16. The molecule has 0 bridgehead atoms. The van der Waals surface area contributed by atoms with Gasteiger partial charge in [-0.25, -0.2) is 0 Å². The lowest BCUT2D eigenvalue weighted by Gasteiger charge is -2.08. The summed E-state index contributed by atoms with van der Waals surface area (Å²) >= 11 is 1.62. The van der Waals surface area contributed by atoms with Crippen LogP contribution in [0.5, 0.6) is 0 Å². The van der Waals surface area contributed by atoms with Crippen LogP contribution in [-0.4, -0.2) is 23.7 Å². The van der Waals surface area contributed by atoms with Gasteiger partial charge in [0.15, 0.2) is 0 Å². The lowest BCUT2D eigenvalue weighted by molar-refractivity contribution is 0.0918. The van der Waals surface area contributed by atoms with Crippen molar-refractivity contribution in [1.29, 1.82) is 0 Å². The second kappa shape index (κ2) is 6.34. The number of amides is 1. The Labute approximate surface area is 112 Å². The fourth-order valence-corrected chi connectivity index (χ4v) is 3.39. The smallest absolute Gasteiger partial charge is 0.261 e. The molecular weight excluding hydrogens is 246 g/mol. The number of rotatable bonds is 4. The summed E-state index contributed by atoms with van der Waals surface area (Å²) in [6.45, 7) is 2.25. The third-order valence-electron chi connectivity index (χ3n) is 3.44. The Morgan fingerprint density at radius 2 is 2.22 bits per heavy atom. The minimum Gasteiger partial charge on any atom is -0.391 e. The van der Waals surface area contributed by atoms with Crippen molar-refractivity contribution in [3.05, 3.63) is 21.4 Å². The maximum absolute atomic E-state index is 12.0. The zero-order valence-electron chi connectivity index (χ0n) is 10.9. The molecule has 0 spiro atoms. The number of aliphatic hydroxyl groups excluding tert-OH is 1. The van der Waals surface area contributed by atoms with E-state index in [1.54, 1.807) is 11.3 Å². The van der Waals surface area contributed by atoms with Gasteiger partial charge in [0.1, 0.15) is 0 Å². The van der Waals surface area contributed by atoms with Crippen LogP contribution in [0.1, 0.15) is 52.7 Å². The van der Waals surface area contributed by atoms with E-state index in [0.717, 1.165) is 17.7 Å². The van der Waals surface area contributed by atoms with Crippen molar-refractivity contribution in [2.75, 3.05) is 6.54 Å². The Morgan fingerprint density at radius 1 is 1.44 bits per heavy atom. The summed E-state index contributed by atoms with van der Waals surface area (Å²) in [6, 6.07) is 2.04. The zero-order chi connectivity index (χ0) is 13.0. The monoisotopic (exact) mass is 267 g/mol. The molecule has 3 nitrogen and oxygen atoms in total. The minimum absolute atomic E-state index is 0.0411. The molecule has 1 aromatic rings. The van der Waals surface area contributed by atoms with E-state index in [9.17, 15) is 9.90 Å². The number of thiophene rings is 1. The van der Waals surface area contributed by atoms with Gasteiger partial charge < -0.3 is 10.4 Å². The fraction of sp³-hybridized carbons (Fsp3) is 0.643. The van der Waals surface area contributed by atoms with E-state index >= 15 is 0 Å². The molecule has 2 rings (SSSR count). The first-order chi connectivity index (χ1) is 8.70. The Morgan fingerprint density at radius 3 is 3.00 bits per heavy atom. The van der Waals surface area contributed by atoms with Crippen LogP contribution in [0.3, 0.4) is 0 Å². The summed E-state index contributed by atoms with van der Waals surface area (Å²) in [5.41, 5.74) is 1.36. The molecule has 1 aliphatic rings. The lowest BCUT2D eigenvalue weighted by atomic mass is 10.1. The van der Waals surface area contributed by atoms with Gasteiger partial charge in [-0.15, -0.1) is 11.3 Å². The third kappa shape index (κ3) is 3.33. The molecule has 1 atom stereocenters.